The van der Waals surface area contributed by atoms with Gasteiger partial charge < -0.3 is 15.2 Å². The lowest BCUT2D eigenvalue weighted by Gasteiger charge is -2.10. The molecular weight excluding hydrogens is 352 g/mol. The van der Waals surface area contributed by atoms with E-state index in [-0.39, 0.29) is 18.3 Å². The fourth-order valence-electron chi connectivity index (χ4n) is 3.04. The van der Waals surface area contributed by atoms with Crippen LogP contribution in [0.2, 0.25) is 0 Å². The van der Waals surface area contributed by atoms with Gasteiger partial charge in [-0.15, -0.1) is 12.4 Å². The molecule has 136 valence electrons. The molecule has 1 aromatic carbocycles. The number of nitrogens with one attached hydrogen (secondary N) is 2. The van der Waals surface area contributed by atoms with Gasteiger partial charge in [0.2, 0.25) is 0 Å². The maximum absolute atomic E-state index is 12.5. The molecule has 8 heteroatoms. The van der Waals surface area contributed by atoms with Crippen LogP contribution in [0, 0.1) is 0 Å². The van der Waals surface area contributed by atoms with E-state index in [4.69, 9.17) is 0 Å². The molecule has 7 nitrogen and oxygen atoms in total. The largest absolute Gasteiger partial charge is 0.346 e. The second kappa shape index (κ2) is 8.16. The normalized spacial score (nSPS) is 13.4. The van der Waals surface area contributed by atoms with Crippen LogP contribution < -0.4 is 10.6 Å². The zero-order valence-electron chi connectivity index (χ0n) is 14.3. The summed E-state index contributed by atoms with van der Waals surface area (Å²) in [5.41, 5.74) is 2.44. The summed E-state index contributed by atoms with van der Waals surface area (Å²) in [6.45, 7) is 3.08. The Kier molecular flexibility index (Phi) is 5.70. The van der Waals surface area contributed by atoms with Gasteiger partial charge in [-0.1, -0.05) is 18.2 Å². The molecule has 0 saturated carbocycles. The molecule has 0 atom stereocenters. The van der Waals surface area contributed by atoms with E-state index in [9.17, 15) is 4.79 Å². The van der Waals surface area contributed by atoms with Crippen molar-refractivity contribution < 1.29 is 4.79 Å². The van der Waals surface area contributed by atoms with Crippen molar-refractivity contribution >= 4 is 18.3 Å². The Morgan fingerprint density at radius 3 is 2.96 bits per heavy atom. The van der Waals surface area contributed by atoms with Crippen LogP contribution in [0.1, 0.15) is 21.9 Å². The summed E-state index contributed by atoms with van der Waals surface area (Å²) >= 11 is 0. The molecule has 3 aromatic rings. The molecular formula is C18H21ClN6O. The van der Waals surface area contributed by atoms with Crippen molar-refractivity contribution in [3.05, 3.63) is 66.0 Å². The molecule has 0 bridgehead atoms. The summed E-state index contributed by atoms with van der Waals surface area (Å²) in [5, 5.41) is 10.6. The van der Waals surface area contributed by atoms with Gasteiger partial charge >= 0.3 is 0 Å². The first-order valence-electron chi connectivity index (χ1n) is 8.44. The highest BCUT2D eigenvalue weighted by molar-refractivity contribution is 5.92. The van der Waals surface area contributed by atoms with Gasteiger partial charge in [0.05, 0.1) is 5.69 Å². The van der Waals surface area contributed by atoms with Crippen molar-refractivity contribution in [2.24, 2.45) is 0 Å². The molecule has 1 aliphatic rings. The fraction of sp³-hybridized carbons (Fsp3) is 0.278. The molecule has 0 aliphatic carbocycles. The van der Waals surface area contributed by atoms with Gasteiger partial charge in [-0.2, -0.15) is 5.10 Å². The van der Waals surface area contributed by atoms with E-state index in [1.165, 1.54) is 0 Å². The number of carbonyl (C=O) groups is 1. The first-order chi connectivity index (χ1) is 12.3. The molecule has 26 heavy (non-hydrogen) atoms. The zero-order valence-corrected chi connectivity index (χ0v) is 15.1. The predicted octanol–water partition coefficient (Wildman–Crippen LogP) is 1.57. The third-order valence-electron chi connectivity index (χ3n) is 4.33. The second-order valence-corrected chi connectivity index (χ2v) is 6.00. The monoisotopic (exact) mass is 372 g/mol. The first kappa shape index (κ1) is 18.2. The van der Waals surface area contributed by atoms with Gasteiger partial charge in [-0.3, -0.25) is 4.79 Å². The van der Waals surface area contributed by atoms with E-state index in [1.54, 1.807) is 10.9 Å². The summed E-state index contributed by atoms with van der Waals surface area (Å²) in [5.74, 6) is 0.816. The number of nitrogens with zero attached hydrogens (tertiary/aromatic N) is 4. The average Bonchev–Trinajstić information content (AvgIpc) is 3.26. The molecule has 1 aliphatic heterocycles. The lowest BCUT2D eigenvalue weighted by atomic mass is 10.1. The van der Waals surface area contributed by atoms with E-state index >= 15 is 0 Å². The number of rotatable bonds is 4. The van der Waals surface area contributed by atoms with Gasteiger partial charge in [0, 0.05) is 51.2 Å². The Hall–Kier alpha value is -2.64. The number of hydrogen-bond acceptors (Lipinski definition) is 4. The average molecular weight is 373 g/mol. The Morgan fingerprint density at radius 1 is 1.23 bits per heavy atom. The third-order valence-corrected chi connectivity index (χ3v) is 4.33. The first-order valence-corrected chi connectivity index (χ1v) is 8.44. The van der Waals surface area contributed by atoms with Crippen molar-refractivity contribution in [2.45, 2.75) is 19.5 Å². The van der Waals surface area contributed by atoms with Crippen LogP contribution in [-0.2, 0) is 19.5 Å². The van der Waals surface area contributed by atoms with E-state index in [0.29, 0.717) is 12.2 Å². The third kappa shape index (κ3) is 3.79. The number of carbonyl (C=O) groups excluding carboxylic acids is 1. The number of fused-ring (bicyclic) bond motifs is 1. The minimum Gasteiger partial charge on any atom is -0.346 e. The lowest BCUT2D eigenvalue weighted by molar-refractivity contribution is 0.0946. The number of para-hydroxylation sites is 1. The molecule has 3 heterocycles. The minimum absolute atomic E-state index is 0. The van der Waals surface area contributed by atoms with E-state index < -0.39 is 0 Å². The van der Waals surface area contributed by atoms with Crippen molar-refractivity contribution in [3.63, 3.8) is 0 Å². The van der Waals surface area contributed by atoms with Gasteiger partial charge in [0.25, 0.3) is 5.91 Å². The van der Waals surface area contributed by atoms with Crippen molar-refractivity contribution in [2.75, 3.05) is 13.1 Å². The van der Waals surface area contributed by atoms with Crippen molar-refractivity contribution in [1.82, 2.24) is 30.0 Å². The van der Waals surface area contributed by atoms with Gasteiger partial charge in [0.1, 0.15) is 11.5 Å². The van der Waals surface area contributed by atoms with E-state index in [2.05, 4.69) is 25.3 Å². The number of aromatic nitrogens is 4. The summed E-state index contributed by atoms with van der Waals surface area (Å²) in [6, 6.07) is 9.77. The van der Waals surface area contributed by atoms with Gasteiger partial charge in [-0.05, 0) is 17.7 Å². The quantitative estimate of drug-likeness (QED) is 0.728. The van der Waals surface area contributed by atoms with Gasteiger partial charge in [-0.25, -0.2) is 9.67 Å². The van der Waals surface area contributed by atoms with Crippen LogP contribution in [0.4, 0.5) is 0 Å². The number of benzene rings is 1. The maximum atomic E-state index is 12.5. The molecule has 2 aromatic heterocycles. The molecule has 0 spiro atoms. The summed E-state index contributed by atoms with van der Waals surface area (Å²) in [6.07, 6.45) is 6.32. The zero-order chi connectivity index (χ0) is 17.1. The molecule has 0 radical (unpaired) electrons. The highest BCUT2D eigenvalue weighted by Gasteiger charge is 2.16. The number of imidazole rings is 1. The van der Waals surface area contributed by atoms with E-state index in [1.807, 2.05) is 42.7 Å². The van der Waals surface area contributed by atoms with Crippen molar-refractivity contribution in [3.8, 4) is 5.69 Å². The SMILES string of the molecule is Cl.O=C(NCc1ccccc1-n1cccn1)c1cn2c(n1)CCNCC2. The van der Waals surface area contributed by atoms with E-state index in [0.717, 1.165) is 43.1 Å². The molecule has 1 amide bonds. The van der Waals surface area contributed by atoms with Crippen molar-refractivity contribution in [1.29, 1.82) is 0 Å². The maximum Gasteiger partial charge on any atom is 0.271 e. The van der Waals surface area contributed by atoms with Crippen LogP contribution in [-0.4, -0.2) is 38.3 Å². The standard InChI is InChI=1S/C18H20N6O.ClH/c25-18(15-13-23-11-9-19-8-6-17(23)22-15)20-12-14-4-1-2-5-16(14)24-10-3-7-21-24;/h1-5,7,10,13,19H,6,8-9,11-12H2,(H,20,25);1H. The Morgan fingerprint density at radius 2 is 2.12 bits per heavy atom. The minimum atomic E-state index is -0.149. The highest BCUT2D eigenvalue weighted by atomic mass is 35.5. The number of hydrogen-bond donors (Lipinski definition) is 2. The Bertz CT molecular complexity index is 850. The second-order valence-electron chi connectivity index (χ2n) is 6.00. The van der Waals surface area contributed by atoms with Crippen LogP contribution in [0.3, 0.4) is 0 Å². The molecule has 0 unspecified atom stereocenters. The lowest BCUT2D eigenvalue weighted by Crippen LogP contribution is -2.24. The van der Waals surface area contributed by atoms with Crippen LogP contribution >= 0.6 is 12.4 Å². The Balaban J connectivity index is 0.00000196. The fourth-order valence-corrected chi connectivity index (χ4v) is 3.04. The molecule has 4 rings (SSSR count). The molecule has 0 saturated heterocycles. The van der Waals surface area contributed by atoms with Crippen LogP contribution in [0.5, 0.6) is 0 Å². The Labute approximate surface area is 157 Å². The number of amides is 1. The summed E-state index contributed by atoms with van der Waals surface area (Å²) in [7, 11) is 0. The summed E-state index contributed by atoms with van der Waals surface area (Å²) < 4.78 is 3.86. The van der Waals surface area contributed by atoms with Crippen LogP contribution in [0.25, 0.3) is 5.69 Å². The van der Waals surface area contributed by atoms with Gasteiger partial charge in [0.15, 0.2) is 0 Å². The highest BCUT2D eigenvalue weighted by Crippen LogP contribution is 2.13. The predicted molar refractivity (Wildman–Crippen MR) is 101 cm³/mol. The summed E-state index contributed by atoms with van der Waals surface area (Å²) in [4.78, 5) is 17.0. The van der Waals surface area contributed by atoms with Crippen LogP contribution in [0.15, 0.2) is 48.9 Å². The molecule has 0 fully saturated rings. The molecule has 2 N–H and O–H groups in total. The smallest absolute Gasteiger partial charge is 0.271 e. The number of halogens is 1. The topological polar surface area (TPSA) is 76.8 Å².